The van der Waals surface area contributed by atoms with Gasteiger partial charge in [0.25, 0.3) is 0 Å². The van der Waals surface area contributed by atoms with E-state index in [9.17, 15) is 13.6 Å². The molecule has 1 aromatic rings. The van der Waals surface area contributed by atoms with Crippen molar-refractivity contribution in [1.82, 2.24) is 0 Å². The third-order valence-electron chi connectivity index (χ3n) is 3.72. The first-order valence-electron chi connectivity index (χ1n) is 6.47. The lowest BCUT2D eigenvalue weighted by Crippen LogP contribution is -2.37. The molecule has 3 nitrogen and oxygen atoms in total. The quantitative estimate of drug-likeness (QED) is 0.895. The van der Waals surface area contributed by atoms with Crippen molar-refractivity contribution in [2.45, 2.75) is 31.7 Å². The molecule has 1 amide bonds. The molecule has 0 unspecified atom stereocenters. The molecule has 0 heterocycles. The largest absolute Gasteiger partial charge is 0.328 e. The third-order valence-corrected chi connectivity index (χ3v) is 3.72. The van der Waals surface area contributed by atoms with Gasteiger partial charge in [0.2, 0.25) is 5.91 Å². The second-order valence-corrected chi connectivity index (χ2v) is 5.10. The molecule has 104 valence electrons. The highest BCUT2D eigenvalue weighted by Crippen LogP contribution is 2.28. The van der Waals surface area contributed by atoms with Crippen molar-refractivity contribution in [3.63, 3.8) is 0 Å². The summed E-state index contributed by atoms with van der Waals surface area (Å²) >= 11 is 0. The second kappa shape index (κ2) is 5.65. The van der Waals surface area contributed by atoms with Gasteiger partial charge in [0, 0.05) is 25.1 Å². The lowest BCUT2D eigenvalue weighted by atomic mass is 9.85. The Hall–Kier alpha value is -1.49. The maximum atomic E-state index is 13.6. The standard InChI is InChI=1S/C14H18F2N2O/c1-18(13-8-10(15)4-7-12(13)16)14(19)9-2-5-11(17)6-3-9/h4,7-9,11H,2-3,5-6,17H2,1H3. The zero-order valence-corrected chi connectivity index (χ0v) is 10.9. The minimum absolute atomic E-state index is 0.0140. The summed E-state index contributed by atoms with van der Waals surface area (Å²) in [5, 5.41) is 0. The SMILES string of the molecule is CN(C(=O)C1CCC(N)CC1)c1cc(F)ccc1F. The normalized spacial score (nSPS) is 23.2. The van der Waals surface area contributed by atoms with E-state index in [0.29, 0.717) is 12.8 Å². The molecule has 1 fully saturated rings. The summed E-state index contributed by atoms with van der Waals surface area (Å²) in [7, 11) is 1.48. The Kier molecular flexibility index (Phi) is 4.14. The maximum absolute atomic E-state index is 13.6. The van der Waals surface area contributed by atoms with Crippen LogP contribution in [0.5, 0.6) is 0 Å². The molecule has 0 spiro atoms. The monoisotopic (exact) mass is 268 g/mol. The number of hydrogen-bond acceptors (Lipinski definition) is 2. The van der Waals surface area contributed by atoms with Crippen molar-refractivity contribution in [3.8, 4) is 0 Å². The van der Waals surface area contributed by atoms with Gasteiger partial charge in [-0.3, -0.25) is 4.79 Å². The molecule has 2 N–H and O–H groups in total. The fraction of sp³-hybridized carbons (Fsp3) is 0.500. The number of benzene rings is 1. The summed E-state index contributed by atoms with van der Waals surface area (Å²) < 4.78 is 26.8. The van der Waals surface area contributed by atoms with Crippen molar-refractivity contribution in [1.29, 1.82) is 0 Å². The van der Waals surface area contributed by atoms with Crippen LogP contribution in [0.4, 0.5) is 14.5 Å². The zero-order valence-electron chi connectivity index (χ0n) is 10.9. The molecule has 0 aromatic heterocycles. The van der Waals surface area contributed by atoms with Gasteiger partial charge in [0.1, 0.15) is 11.6 Å². The highest BCUT2D eigenvalue weighted by Gasteiger charge is 2.28. The van der Waals surface area contributed by atoms with Gasteiger partial charge in [-0.1, -0.05) is 0 Å². The van der Waals surface area contributed by atoms with E-state index < -0.39 is 11.6 Å². The number of amides is 1. The number of nitrogens with two attached hydrogens (primary N) is 1. The van der Waals surface area contributed by atoms with Crippen LogP contribution in [-0.2, 0) is 4.79 Å². The lowest BCUT2D eigenvalue weighted by molar-refractivity contribution is -0.123. The molecular weight excluding hydrogens is 250 g/mol. The highest BCUT2D eigenvalue weighted by atomic mass is 19.1. The van der Waals surface area contributed by atoms with Gasteiger partial charge in [0.15, 0.2) is 0 Å². The number of halogens is 2. The first-order chi connectivity index (χ1) is 8.99. The van der Waals surface area contributed by atoms with E-state index in [1.807, 2.05) is 0 Å². The molecule has 0 radical (unpaired) electrons. The average Bonchev–Trinajstić information content (AvgIpc) is 2.41. The minimum Gasteiger partial charge on any atom is -0.328 e. The van der Waals surface area contributed by atoms with Crippen LogP contribution in [0.1, 0.15) is 25.7 Å². The molecule has 1 aliphatic rings. The molecule has 1 aliphatic carbocycles. The van der Waals surface area contributed by atoms with Crippen LogP contribution in [0.2, 0.25) is 0 Å². The Morgan fingerprint density at radius 3 is 2.53 bits per heavy atom. The summed E-state index contributed by atoms with van der Waals surface area (Å²) in [6.07, 6.45) is 3.02. The Bertz CT molecular complexity index is 471. The van der Waals surface area contributed by atoms with E-state index in [2.05, 4.69) is 0 Å². The van der Waals surface area contributed by atoms with Gasteiger partial charge in [-0.15, -0.1) is 0 Å². The Morgan fingerprint density at radius 2 is 1.89 bits per heavy atom. The van der Waals surface area contributed by atoms with Crippen LogP contribution in [0, 0.1) is 17.6 Å². The molecule has 19 heavy (non-hydrogen) atoms. The summed E-state index contributed by atoms with van der Waals surface area (Å²) in [6, 6.07) is 3.27. The van der Waals surface area contributed by atoms with Gasteiger partial charge in [-0.05, 0) is 37.8 Å². The van der Waals surface area contributed by atoms with E-state index in [0.717, 1.165) is 31.0 Å². The number of carbonyl (C=O) groups is 1. The summed E-state index contributed by atoms with van der Waals surface area (Å²) in [5.41, 5.74) is 5.78. The zero-order chi connectivity index (χ0) is 14.0. The molecule has 0 bridgehead atoms. The fourth-order valence-electron chi connectivity index (χ4n) is 2.50. The van der Waals surface area contributed by atoms with E-state index in [1.54, 1.807) is 0 Å². The molecule has 5 heteroatoms. The number of hydrogen-bond donors (Lipinski definition) is 1. The van der Waals surface area contributed by atoms with Crippen molar-refractivity contribution in [2.75, 3.05) is 11.9 Å². The first-order valence-corrected chi connectivity index (χ1v) is 6.47. The summed E-state index contributed by atoms with van der Waals surface area (Å²) in [4.78, 5) is 13.5. The van der Waals surface area contributed by atoms with E-state index >= 15 is 0 Å². The van der Waals surface area contributed by atoms with Crippen LogP contribution in [0.15, 0.2) is 18.2 Å². The van der Waals surface area contributed by atoms with Crippen LogP contribution in [0.25, 0.3) is 0 Å². The fourth-order valence-corrected chi connectivity index (χ4v) is 2.50. The molecule has 0 saturated heterocycles. The van der Waals surface area contributed by atoms with Crippen molar-refractivity contribution >= 4 is 11.6 Å². The van der Waals surface area contributed by atoms with Gasteiger partial charge in [0.05, 0.1) is 5.69 Å². The van der Waals surface area contributed by atoms with Gasteiger partial charge >= 0.3 is 0 Å². The van der Waals surface area contributed by atoms with Crippen LogP contribution >= 0.6 is 0 Å². The van der Waals surface area contributed by atoms with E-state index in [1.165, 1.54) is 11.9 Å². The smallest absolute Gasteiger partial charge is 0.229 e. The molecule has 0 atom stereocenters. The van der Waals surface area contributed by atoms with Crippen molar-refractivity contribution < 1.29 is 13.6 Å². The van der Waals surface area contributed by atoms with Gasteiger partial charge < -0.3 is 10.6 Å². The second-order valence-electron chi connectivity index (χ2n) is 5.10. The average molecular weight is 268 g/mol. The lowest BCUT2D eigenvalue weighted by Gasteiger charge is -2.29. The number of nitrogens with zero attached hydrogens (tertiary/aromatic N) is 1. The van der Waals surface area contributed by atoms with Crippen LogP contribution < -0.4 is 10.6 Å². The molecule has 0 aliphatic heterocycles. The Labute approximate surface area is 111 Å². The maximum Gasteiger partial charge on any atom is 0.229 e. The number of anilines is 1. The number of rotatable bonds is 2. The third kappa shape index (κ3) is 3.10. The molecule has 1 aromatic carbocycles. The van der Waals surface area contributed by atoms with Gasteiger partial charge in [-0.25, -0.2) is 8.78 Å². The Balaban J connectivity index is 2.12. The topological polar surface area (TPSA) is 46.3 Å². The minimum atomic E-state index is -0.593. The predicted octanol–water partition coefficient (Wildman–Crippen LogP) is 2.45. The predicted molar refractivity (Wildman–Crippen MR) is 69.7 cm³/mol. The van der Waals surface area contributed by atoms with Gasteiger partial charge in [-0.2, -0.15) is 0 Å². The summed E-state index contributed by atoms with van der Waals surface area (Å²) in [6.45, 7) is 0. The van der Waals surface area contributed by atoms with E-state index in [-0.39, 0.29) is 23.6 Å². The highest BCUT2D eigenvalue weighted by molar-refractivity contribution is 5.94. The molecular formula is C14H18F2N2O. The van der Waals surface area contributed by atoms with E-state index in [4.69, 9.17) is 5.73 Å². The first kappa shape index (κ1) is 13.9. The van der Waals surface area contributed by atoms with Crippen molar-refractivity contribution in [2.24, 2.45) is 11.7 Å². The number of carbonyl (C=O) groups excluding carboxylic acids is 1. The van der Waals surface area contributed by atoms with Crippen LogP contribution in [0.3, 0.4) is 0 Å². The van der Waals surface area contributed by atoms with Crippen molar-refractivity contribution in [3.05, 3.63) is 29.8 Å². The van der Waals surface area contributed by atoms with Crippen LogP contribution in [-0.4, -0.2) is 19.0 Å². The molecule has 1 saturated carbocycles. The summed E-state index contributed by atoms with van der Waals surface area (Å²) in [5.74, 6) is -1.46. The Morgan fingerprint density at radius 1 is 1.26 bits per heavy atom. The molecule has 2 rings (SSSR count).